The summed E-state index contributed by atoms with van der Waals surface area (Å²) in [4.78, 5) is 61.9. The quantitative estimate of drug-likeness (QED) is 0.279. The maximum atomic E-state index is 15.0. The van der Waals surface area contributed by atoms with Crippen molar-refractivity contribution in [2.24, 2.45) is 17.8 Å². The lowest BCUT2D eigenvalue weighted by molar-refractivity contribution is -0.222. The van der Waals surface area contributed by atoms with Crippen molar-refractivity contribution < 1.29 is 59.7 Å². The predicted octanol–water partition coefficient (Wildman–Crippen LogP) is 5.34. The molecule has 0 bridgehead atoms. The second-order valence-electron chi connectivity index (χ2n) is 17.0. The Kier molecular flexibility index (Phi) is 11.6. The number of carbonyl (C=O) groups is 4. The van der Waals surface area contributed by atoms with Crippen LogP contribution in [0.1, 0.15) is 85.5 Å². The van der Waals surface area contributed by atoms with Gasteiger partial charge in [-0.3, -0.25) is 24.0 Å². The number of aromatic nitrogens is 1. The van der Waals surface area contributed by atoms with Gasteiger partial charge >= 0.3 is 12.3 Å². The highest BCUT2D eigenvalue weighted by molar-refractivity contribution is 7.91. The van der Waals surface area contributed by atoms with E-state index < -0.39 is 92.5 Å². The topological polar surface area (TPSA) is 185 Å². The highest BCUT2D eigenvalue weighted by Gasteiger charge is 2.65. The summed E-state index contributed by atoms with van der Waals surface area (Å²) in [6.07, 6.45) is -4.57. The number of rotatable bonds is 9. The number of hydrogen-bond donors (Lipinski definition) is 3. The maximum Gasteiger partial charge on any atom is 0.411 e. The molecule has 4 fully saturated rings. The lowest BCUT2D eigenvalue weighted by Crippen LogP contribution is -2.66. The molecule has 0 spiro atoms. The molecule has 58 heavy (non-hydrogen) atoms. The minimum atomic E-state index is -5.11. The SMILES string of the molecule is COc1cnc(O[C@@H]2C[C@H]3C(=O)N[C@]4(C(=O)NS(=O)(=O)C5(CF)CC5)C[C@H]4CCCC[C@@H](C)C[C@@H](C)[C@H](N(C(=O)O)C(C)(C)C(F)(F)F)C(=O)N3C2)c2ccccc12. The third-order valence-electron chi connectivity index (χ3n) is 12.6. The third-order valence-corrected chi connectivity index (χ3v) is 14.7. The molecule has 0 unspecified atom stereocenters. The molecule has 4 amide bonds. The molecule has 6 rings (SSSR count). The second kappa shape index (κ2) is 15.6. The van der Waals surface area contributed by atoms with Crippen LogP contribution in [0.2, 0.25) is 0 Å². The fourth-order valence-corrected chi connectivity index (χ4v) is 10.1. The van der Waals surface area contributed by atoms with Gasteiger partial charge in [0, 0.05) is 17.2 Å². The first kappa shape index (κ1) is 43.2. The largest absolute Gasteiger partial charge is 0.494 e. The van der Waals surface area contributed by atoms with E-state index in [2.05, 4.69) is 10.3 Å². The zero-order valence-electron chi connectivity index (χ0n) is 33.1. The van der Waals surface area contributed by atoms with Crippen LogP contribution in [0.15, 0.2) is 30.5 Å². The van der Waals surface area contributed by atoms with Gasteiger partial charge in [0.05, 0.1) is 19.9 Å². The lowest BCUT2D eigenvalue weighted by Gasteiger charge is -2.45. The van der Waals surface area contributed by atoms with Gasteiger partial charge in [-0.25, -0.2) is 22.6 Å². The van der Waals surface area contributed by atoms with E-state index in [-0.39, 0.29) is 55.3 Å². The van der Waals surface area contributed by atoms with Gasteiger partial charge in [0.25, 0.3) is 5.91 Å². The van der Waals surface area contributed by atoms with Crippen molar-refractivity contribution in [3.8, 4) is 11.6 Å². The third kappa shape index (κ3) is 7.86. The van der Waals surface area contributed by atoms with E-state index in [1.165, 1.54) is 20.2 Å². The summed E-state index contributed by atoms with van der Waals surface area (Å²) in [7, 11) is -3.01. The van der Waals surface area contributed by atoms with Crippen LogP contribution in [0, 0.1) is 17.8 Å². The lowest BCUT2D eigenvalue weighted by atomic mass is 9.84. The molecule has 3 N–H and O–H groups in total. The van der Waals surface area contributed by atoms with Crippen LogP contribution in [0.5, 0.6) is 11.6 Å². The molecule has 14 nitrogen and oxygen atoms in total. The average Bonchev–Trinajstić information content (AvgIpc) is 4.06. The number of halogens is 4. The van der Waals surface area contributed by atoms with Crippen LogP contribution >= 0.6 is 0 Å². The van der Waals surface area contributed by atoms with Crippen molar-refractivity contribution in [1.29, 1.82) is 0 Å². The standard InChI is InChI=1S/C39H51F4N5O9S/c1-22-10-6-7-11-24-18-38(24,34(51)46-58(54,55)37(21-40)14-15-37)45-31(49)28-17-25(57-32-27-13-9-8-12-26(27)29(56-5)19-44-32)20-47(28)33(50)30(23(2)16-22)48(35(52)53)36(3,4)39(41,42)43/h8-9,12-13,19,22-25,28,30H,6-7,10-11,14-18,20-21H2,1-5H3,(H,45,49)(H,46,51)(H,52,53)/t22-,23-,24-,25-,28+,30+,38-/m1/s1. The minimum absolute atomic E-state index is 0.0179. The molecule has 2 saturated carbocycles. The van der Waals surface area contributed by atoms with Crippen LogP contribution in [-0.2, 0) is 24.4 Å². The number of alkyl halides is 4. The van der Waals surface area contributed by atoms with Crippen LogP contribution in [-0.4, -0.2) is 113 Å². The molecule has 7 atom stereocenters. The molecule has 0 radical (unpaired) electrons. The van der Waals surface area contributed by atoms with Gasteiger partial charge in [0.2, 0.25) is 27.7 Å². The summed E-state index contributed by atoms with van der Waals surface area (Å²) in [5.41, 5.74) is -4.80. The van der Waals surface area contributed by atoms with Crippen LogP contribution in [0.3, 0.4) is 0 Å². The smallest absolute Gasteiger partial charge is 0.411 e. The van der Waals surface area contributed by atoms with E-state index in [9.17, 15) is 50.3 Å². The summed E-state index contributed by atoms with van der Waals surface area (Å²) in [5.74, 6) is -4.13. The highest BCUT2D eigenvalue weighted by Crippen LogP contribution is 2.50. The molecule has 2 aliphatic heterocycles. The Balaban J connectivity index is 1.42. The molecule has 2 aromatic rings. The molecule has 2 saturated heterocycles. The normalized spacial score (nSPS) is 29.2. The van der Waals surface area contributed by atoms with E-state index in [1.54, 1.807) is 24.3 Å². The molecular weight excluding hydrogens is 791 g/mol. The van der Waals surface area contributed by atoms with Crippen molar-refractivity contribution >= 4 is 44.6 Å². The van der Waals surface area contributed by atoms with E-state index in [0.29, 0.717) is 56.1 Å². The number of ether oxygens (including phenoxy) is 2. The van der Waals surface area contributed by atoms with Gasteiger partial charge in [-0.15, -0.1) is 0 Å². The van der Waals surface area contributed by atoms with E-state index >= 15 is 0 Å². The number of pyridine rings is 1. The van der Waals surface area contributed by atoms with Crippen LogP contribution in [0.4, 0.5) is 22.4 Å². The van der Waals surface area contributed by atoms with Crippen molar-refractivity contribution in [2.75, 3.05) is 20.3 Å². The Morgan fingerprint density at radius 3 is 2.34 bits per heavy atom. The molecular formula is C39H51F4N5O9S. The summed E-state index contributed by atoms with van der Waals surface area (Å²) < 4.78 is 96.3. The molecule has 1 aromatic carbocycles. The summed E-state index contributed by atoms with van der Waals surface area (Å²) in [6.45, 7) is 3.15. The zero-order valence-corrected chi connectivity index (χ0v) is 33.9. The van der Waals surface area contributed by atoms with Gasteiger partial charge in [0.1, 0.15) is 46.4 Å². The van der Waals surface area contributed by atoms with Crippen molar-refractivity contribution in [2.45, 2.75) is 126 Å². The Morgan fingerprint density at radius 1 is 1.09 bits per heavy atom. The Labute approximate surface area is 334 Å². The highest BCUT2D eigenvalue weighted by atomic mass is 32.2. The van der Waals surface area contributed by atoms with Crippen LogP contribution < -0.4 is 19.5 Å². The number of methoxy groups -OCH3 is 1. The number of fused-ring (bicyclic) bond motifs is 3. The number of hydrogen-bond acceptors (Lipinski definition) is 9. The Morgan fingerprint density at radius 2 is 1.74 bits per heavy atom. The van der Waals surface area contributed by atoms with Gasteiger partial charge in [0.15, 0.2) is 0 Å². The van der Waals surface area contributed by atoms with Crippen molar-refractivity contribution in [3.05, 3.63) is 30.5 Å². The number of carbonyl (C=O) groups excluding carboxylic acids is 3. The fraction of sp³-hybridized carbons (Fsp3) is 0.667. The Hall–Kier alpha value is -4.42. The summed E-state index contributed by atoms with van der Waals surface area (Å²) >= 11 is 0. The van der Waals surface area contributed by atoms with Gasteiger partial charge in [-0.1, -0.05) is 51.3 Å². The predicted molar refractivity (Wildman–Crippen MR) is 202 cm³/mol. The van der Waals surface area contributed by atoms with E-state index in [4.69, 9.17) is 9.47 Å². The molecule has 3 heterocycles. The summed E-state index contributed by atoms with van der Waals surface area (Å²) in [5, 5.41) is 14.3. The number of carboxylic acid groups (broad SMARTS) is 1. The number of nitrogens with zero attached hydrogens (tertiary/aromatic N) is 3. The molecule has 19 heteroatoms. The first-order valence-electron chi connectivity index (χ1n) is 19.6. The fourth-order valence-electron chi connectivity index (χ4n) is 8.72. The number of amides is 4. The minimum Gasteiger partial charge on any atom is -0.494 e. The average molecular weight is 842 g/mol. The van der Waals surface area contributed by atoms with Gasteiger partial charge < -0.3 is 24.8 Å². The first-order chi connectivity index (χ1) is 27.1. The zero-order chi connectivity index (χ0) is 42.6. The van der Waals surface area contributed by atoms with Crippen molar-refractivity contribution in [3.63, 3.8) is 0 Å². The number of sulfonamides is 1. The first-order valence-corrected chi connectivity index (χ1v) is 21.0. The van der Waals surface area contributed by atoms with E-state index in [1.807, 2.05) is 11.6 Å². The van der Waals surface area contributed by atoms with Crippen LogP contribution in [0.25, 0.3) is 10.8 Å². The molecule has 1 aromatic heterocycles. The molecule has 2 aliphatic carbocycles. The van der Waals surface area contributed by atoms with E-state index in [0.717, 1.165) is 4.90 Å². The monoisotopic (exact) mass is 841 g/mol. The van der Waals surface area contributed by atoms with Gasteiger partial charge in [-0.2, -0.15) is 13.2 Å². The van der Waals surface area contributed by atoms with Crippen molar-refractivity contribution in [1.82, 2.24) is 24.8 Å². The number of benzene rings is 1. The van der Waals surface area contributed by atoms with Gasteiger partial charge in [-0.05, 0) is 69.8 Å². The molecule has 4 aliphatic rings. The maximum absolute atomic E-state index is 15.0. The number of nitrogens with one attached hydrogen (secondary N) is 2. The Bertz CT molecular complexity index is 2050. The second-order valence-corrected chi connectivity index (χ2v) is 19.1. The molecule has 320 valence electrons. The summed E-state index contributed by atoms with van der Waals surface area (Å²) in [6, 6.07) is 3.57.